The van der Waals surface area contributed by atoms with Crippen molar-refractivity contribution in [1.29, 1.82) is 0 Å². The van der Waals surface area contributed by atoms with E-state index in [9.17, 15) is 0 Å². The number of rotatable bonds is 15. The minimum Gasteiger partial charge on any atom is -0.331 e. The van der Waals surface area contributed by atoms with E-state index in [0.717, 1.165) is 10.4 Å². The van der Waals surface area contributed by atoms with Crippen LogP contribution in [0.3, 0.4) is 0 Å². The Morgan fingerprint density at radius 1 is 0.522 bits per heavy atom. The molecule has 0 amide bonds. The Balaban J connectivity index is 0. The molecule has 0 aromatic rings. The van der Waals surface area contributed by atoms with Crippen molar-refractivity contribution in [2.45, 2.75) is 104 Å². The van der Waals surface area contributed by atoms with Crippen molar-refractivity contribution in [3.63, 3.8) is 0 Å². The molecule has 0 rings (SSSR count). The molecule has 1 nitrogen and oxygen atoms in total. The van der Waals surface area contributed by atoms with Crippen LogP contribution in [-0.2, 0) is 0 Å². The van der Waals surface area contributed by atoms with Gasteiger partial charge in [-0.2, -0.15) is 0 Å². The second-order valence-corrected chi connectivity index (χ2v) is 8.32. The third kappa shape index (κ3) is 30.7. The molecule has 0 aromatic carbocycles. The van der Waals surface area contributed by atoms with E-state index in [0.29, 0.717) is 0 Å². The van der Waals surface area contributed by atoms with Crippen LogP contribution in [0.4, 0.5) is 0 Å². The lowest BCUT2D eigenvalue weighted by Crippen LogP contribution is -2.35. The average Bonchev–Trinajstić information content (AvgIpc) is 2.49. The van der Waals surface area contributed by atoms with E-state index >= 15 is 0 Å². The molecule has 23 heavy (non-hydrogen) atoms. The Kier molecular flexibility index (Phi) is 22.5. The van der Waals surface area contributed by atoms with Crippen LogP contribution in [0.25, 0.3) is 0 Å². The summed E-state index contributed by atoms with van der Waals surface area (Å²) in [5, 5.41) is 0. The summed E-state index contributed by atoms with van der Waals surface area (Å²) in [6.07, 6.45) is 19.5. The Hall–Kier alpha value is 0.250. The monoisotopic (exact) mass is 348 g/mol. The average molecular weight is 349 g/mol. The van der Waals surface area contributed by atoms with Crippen LogP contribution in [0.2, 0.25) is 0 Å². The fourth-order valence-electron chi connectivity index (χ4n) is 2.59. The summed E-state index contributed by atoms with van der Waals surface area (Å²) in [5.74, 6) is 0.839. The van der Waals surface area contributed by atoms with Gasteiger partial charge in [0.25, 0.3) is 0 Å². The molecule has 0 saturated carbocycles. The van der Waals surface area contributed by atoms with Crippen molar-refractivity contribution in [2.75, 3.05) is 33.6 Å². The van der Waals surface area contributed by atoms with Gasteiger partial charge >= 0.3 is 0 Å². The van der Waals surface area contributed by atoms with Crippen LogP contribution >= 0.6 is 11.6 Å². The third-order valence-electron chi connectivity index (χ3n) is 4.17. The van der Waals surface area contributed by atoms with Crippen molar-refractivity contribution in [3.05, 3.63) is 0 Å². The molecule has 0 unspecified atom stereocenters. The van der Waals surface area contributed by atoms with Gasteiger partial charge in [0.15, 0.2) is 0 Å². The van der Waals surface area contributed by atoms with Gasteiger partial charge in [-0.05, 0) is 19.3 Å². The van der Waals surface area contributed by atoms with E-state index in [1.54, 1.807) is 0 Å². The number of nitrogens with zero attached hydrogens (tertiary/aromatic N) is 1. The predicted molar refractivity (Wildman–Crippen MR) is 110 cm³/mol. The van der Waals surface area contributed by atoms with Gasteiger partial charge in [0.05, 0.1) is 27.7 Å². The van der Waals surface area contributed by atoms with Gasteiger partial charge in [-0.3, -0.25) is 0 Å². The number of hydrogen-bond acceptors (Lipinski definition) is 0. The summed E-state index contributed by atoms with van der Waals surface area (Å²) in [7, 11) is 6.84. The Morgan fingerprint density at radius 3 is 1.22 bits per heavy atom. The molecule has 0 aliphatic rings. The van der Waals surface area contributed by atoms with Crippen LogP contribution < -0.4 is 0 Å². The molecule has 0 aliphatic heterocycles. The van der Waals surface area contributed by atoms with Gasteiger partial charge in [-0.1, -0.05) is 84.5 Å². The molecule has 0 bridgehead atoms. The van der Waals surface area contributed by atoms with Gasteiger partial charge in [0, 0.05) is 5.88 Å². The van der Waals surface area contributed by atoms with Gasteiger partial charge < -0.3 is 4.48 Å². The molecule has 0 fully saturated rings. The van der Waals surface area contributed by atoms with Crippen molar-refractivity contribution in [1.82, 2.24) is 0 Å². The van der Waals surface area contributed by atoms with Crippen molar-refractivity contribution < 1.29 is 4.48 Å². The van der Waals surface area contributed by atoms with E-state index in [1.807, 2.05) is 0 Å². The zero-order valence-electron chi connectivity index (χ0n) is 17.1. The lowest BCUT2D eigenvalue weighted by atomic mass is 10.1. The van der Waals surface area contributed by atoms with Crippen LogP contribution in [0, 0.1) is 0 Å². The van der Waals surface area contributed by atoms with E-state index < -0.39 is 0 Å². The van der Waals surface area contributed by atoms with Gasteiger partial charge in [-0.15, -0.1) is 11.6 Å². The highest BCUT2D eigenvalue weighted by molar-refractivity contribution is 6.17. The lowest BCUT2D eigenvalue weighted by Gasteiger charge is -2.23. The number of unbranched alkanes of at least 4 members (excludes halogenated alkanes) is 12. The summed E-state index contributed by atoms with van der Waals surface area (Å²) in [4.78, 5) is 0. The summed E-state index contributed by atoms with van der Waals surface area (Å²) in [5.41, 5.74) is 0. The molecule has 0 N–H and O–H groups in total. The molecule has 0 heterocycles. The highest BCUT2D eigenvalue weighted by Gasteiger charge is 2.04. The third-order valence-corrected chi connectivity index (χ3v) is 4.44. The van der Waals surface area contributed by atoms with E-state index in [-0.39, 0.29) is 0 Å². The van der Waals surface area contributed by atoms with Crippen LogP contribution in [0.5, 0.6) is 0 Å². The predicted octanol–water partition coefficient (Wildman–Crippen LogP) is 7.42. The van der Waals surface area contributed by atoms with Gasteiger partial charge in [0.2, 0.25) is 0 Å². The highest BCUT2D eigenvalue weighted by atomic mass is 35.5. The van der Waals surface area contributed by atoms with E-state index in [4.69, 9.17) is 11.6 Å². The van der Waals surface area contributed by atoms with Crippen LogP contribution in [0.1, 0.15) is 104 Å². The Morgan fingerprint density at radius 2 is 0.870 bits per heavy atom. The molecular formula is C21H47ClN+. The molecule has 0 aromatic heterocycles. The van der Waals surface area contributed by atoms with Crippen molar-refractivity contribution in [2.24, 2.45) is 0 Å². The first-order valence-electron chi connectivity index (χ1n) is 10.3. The quantitative estimate of drug-likeness (QED) is 0.164. The largest absolute Gasteiger partial charge is 0.331 e. The van der Waals surface area contributed by atoms with E-state index in [2.05, 4.69) is 35.0 Å². The highest BCUT2D eigenvalue weighted by Crippen LogP contribution is 2.09. The van der Waals surface area contributed by atoms with Gasteiger partial charge in [0.1, 0.15) is 0 Å². The normalized spacial score (nSPS) is 11.2. The lowest BCUT2D eigenvalue weighted by molar-refractivity contribution is -0.870. The Labute approximate surface area is 153 Å². The molecule has 2 heteroatoms. The second-order valence-electron chi connectivity index (χ2n) is 7.95. The smallest absolute Gasteiger partial charge is 0.0780 e. The van der Waals surface area contributed by atoms with Crippen LogP contribution in [-0.4, -0.2) is 38.1 Å². The maximum absolute atomic E-state index is 5.51. The molecule has 142 valence electrons. The zero-order chi connectivity index (χ0) is 17.8. The fraction of sp³-hybridized carbons (Fsp3) is 1.00. The fourth-order valence-corrected chi connectivity index (χ4v) is 2.78. The molecule has 0 atom stereocenters. The van der Waals surface area contributed by atoms with Crippen LogP contribution in [0.15, 0.2) is 0 Å². The maximum Gasteiger partial charge on any atom is 0.0780 e. The first-order chi connectivity index (χ1) is 11.0. The summed E-state index contributed by atoms with van der Waals surface area (Å²) >= 11 is 5.51. The summed E-state index contributed by atoms with van der Waals surface area (Å²) in [6, 6.07) is 0. The minimum atomic E-state index is 0.839. The van der Waals surface area contributed by atoms with E-state index in [1.165, 1.54) is 96.4 Å². The molecule has 0 radical (unpaired) electrons. The molecule has 0 spiro atoms. The number of hydrogen-bond donors (Lipinski definition) is 0. The second kappa shape index (κ2) is 20.3. The minimum absolute atomic E-state index is 0.839. The summed E-state index contributed by atoms with van der Waals surface area (Å²) in [6.45, 7) is 5.84. The number of halogens is 1. The topological polar surface area (TPSA) is 0 Å². The first-order valence-corrected chi connectivity index (χ1v) is 10.9. The van der Waals surface area contributed by atoms with Gasteiger partial charge in [-0.25, -0.2) is 0 Å². The molecule has 0 saturated heterocycles. The number of quaternary nitrogens is 1. The standard InChI is InChI=1S/C13H30N.C8H17Cl/c1-5-6-7-8-9-10-11-12-13-14(2,3)4;1-2-3-4-5-6-7-8-9/h5-13H2,1-4H3;2-8H2,1H3/q+1;. The molecule has 0 aliphatic carbocycles. The zero-order valence-corrected chi connectivity index (χ0v) is 17.9. The maximum atomic E-state index is 5.51. The Bertz CT molecular complexity index is 193. The SMILES string of the molecule is CCCCCCCCCC[N+](C)(C)C.CCCCCCCCCl. The van der Waals surface area contributed by atoms with Crippen molar-refractivity contribution >= 4 is 11.6 Å². The first kappa shape index (κ1) is 25.5. The van der Waals surface area contributed by atoms with Crippen molar-refractivity contribution in [3.8, 4) is 0 Å². The summed E-state index contributed by atoms with van der Waals surface area (Å²) < 4.78 is 1.12. The number of alkyl halides is 1. The molecular weight excluding hydrogens is 302 g/mol.